The largest absolute Gasteiger partial charge is 0.293 e. The van der Waals surface area contributed by atoms with Gasteiger partial charge in [-0.25, -0.2) is 4.68 Å². The molecule has 0 fully saturated rings. The Bertz CT molecular complexity index is 621. The van der Waals surface area contributed by atoms with Crippen molar-refractivity contribution < 1.29 is 4.79 Å². The predicted octanol–water partition coefficient (Wildman–Crippen LogP) is 4.23. The van der Waals surface area contributed by atoms with Gasteiger partial charge in [0.25, 0.3) is 0 Å². The van der Waals surface area contributed by atoms with Gasteiger partial charge in [0.05, 0.1) is 11.9 Å². The van der Waals surface area contributed by atoms with Crippen molar-refractivity contribution in [2.45, 2.75) is 53.4 Å². The second-order valence-electron chi connectivity index (χ2n) is 7.04. The first-order valence-electron chi connectivity index (χ1n) is 7.88. The molecule has 0 amide bonds. The molecule has 1 heterocycles. The van der Waals surface area contributed by atoms with Crippen LogP contribution in [0.3, 0.4) is 0 Å². The molecule has 0 aliphatic rings. The third-order valence-electron chi connectivity index (χ3n) is 3.70. The van der Waals surface area contributed by atoms with Gasteiger partial charge >= 0.3 is 0 Å². The molecule has 0 aliphatic heterocycles. The molecular weight excluding hydrogens is 274 g/mol. The van der Waals surface area contributed by atoms with Gasteiger partial charge in [0, 0.05) is 6.92 Å². The van der Waals surface area contributed by atoms with Crippen LogP contribution in [-0.2, 0) is 6.42 Å². The first kappa shape index (κ1) is 16.4. The van der Waals surface area contributed by atoms with Gasteiger partial charge in [-0.3, -0.25) is 4.79 Å². The smallest absolute Gasteiger partial charge is 0.181 e. The van der Waals surface area contributed by atoms with E-state index in [1.807, 2.05) is 12.1 Å². The zero-order valence-corrected chi connectivity index (χ0v) is 14.0. The number of hydrogen-bond donors (Lipinski definition) is 0. The molecule has 2 aromatic rings. The van der Waals surface area contributed by atoms with Crippen LogP contribution in [0.4, 0.5) is 0 Å². The fraction of sp³-hybridized carbons (Fsp3) is 0.500. The van der Waals surface area contributed by atoms with Gasteiger partial charge in [-0.15, -0.1) is 5.10 Å². The quantitative estimate of drug-likeness (QED) is 0.592. The van der Waals surface area contributed by atoms with E-state index in [1.54, 1.807) is 10.9 Å². The average molecular weight is 299 g/mol. The molecule has 1 aromatic carbocycles. The summed E-state index contributed by atoms with van der Waals surface area (Å²) in [6.45, 7) is 8.36. The Labute approximate surface area is 132 Å². The summed E-state index contributed by atoms with van der Waals surface area (Å²) in [5, 5.41) is 7.85. The number of rotatable bonds is 6. The molecule has 0 spiro atoms. The van der Waals surface area contributed by atoms with Crippen LogP contribution >= 0.6 is 0 Å². The molecule has 118 valence electrons. The molecule has 0 N–H and O–H groups in total. The topological polar surface area (TPSA) is 47.8 Å². The number of ketones is 1. The fourth-order valence-electron chi connectivity index (χ4n) is 2.35. The lowest BCUT2D eigenvalue weighted by atomic mass is 9.89. The van der Waals surface area contributed by atoms with Crippen molar-refractivity contribution in [1.29, 1.82) is 0 Å². The fourth-order valence-corrected chi connectivity index (χ4v) is 2.35. The molecule has 1 aromatic heterocycles. The second kappa shape index (κ2) is 6.86. The molecule has 0 radical (unpaired) electrons. The maximum Gasteiger partial charge on any atom is 0.181 e. The summed E-state index contributed by atoms with van der Waals surface area (Å²) in [6, 6.07) is 8.30. The standard InChI is InChI=1S/C18H25N3O/c1-14(22)17-13-21(20-19-17)16-10-8-15(9-11-16)7-5-6-12-18(2,3)4/h8-11,13H,5-7,12H2,1-4H3. The molecule has 0 unspecified atom stereocenters. The molecule has 4 nitrogen and oxygen atoms in total. The molecule has 0 atom stereocenters. The van der Waals surface area contributed by atoms with Crippen molar-refractivity contribution in [3.63, 3.8) is 0 Å². The number of benzene rings is 1. The Morgan fingerprint density at radius 1 is 1.14 bits per heavy atom. The average Bonchev–Trinajstić information content (AvgIpc) is 2.93. The van der Waals surface area contributed by atoms with Crippen molar-refractivity contribution in [2.75, 3.05) is 0 Å². The van der Waals surface area contributed by atoms with E-state index in [0.717, 1.165) is 12.1 Å². The minimum atomic E-state index is -0.0679. The Hall–Kier alpha value is -1.97. The van der Waals surface area contributed by atoms with Crippen molar-refractivity contribution in [1.82, 2.24) is 15.0 Å². The van der Waals surface area contributed by atoms with Gasteiger partial charge in [-0.2, -0.15) is 0 Å². The number of aryl methyl sites for hydroxylation is 1. The van der Waals surface area contributed by atoms with E-state index in [9.17, 15) is 4.79 Å². The first-order valence-corrected chi connectivity index (χ1v) is 7.88. The molecule has 0 aliphatic carbocycles. The van der Waals surface area contributed by atoms with Crippen LogP contribution in [0.15, 0.2) is 30.5 Å². The van der Waals surface area contributed by atoms with E-state index in [1.165, 1.54) is 31.7 Å². The zero-order valence-electron chi connectivity index (χ0n) is 14.0. The highest BCUT2D eigenvalue weighted by molar-refractivity contribution is 5.91. The highest BCUT2D eigenvalue weighted by Crippen LogP contribution is 2.22. The predicted molar refractivity (Wildman–Crippen MR) is 88.4 cm³/mol. The number of hydrogen-bond acceptors (Lipinski definition) is 3. The van der Waals surface area contributed by atoms with Crippen molar-refractivity contribution in [2.24, 2.45) is 5.41 Å². The minimum Gasteiger partial charge on any atom is -0.293 e. The van der Waals surface area contributed by atoms with Gasteiger partial charge < -0.3 is 0 Å². The Morgan fingerprint density at radius 2 is 1.82 bits per heavy atom. The highest BCUT2D eigenvalue weighted by Gasteiger charge is 2.09. The van der Waals surface area contributed by atoms with Crippen LogP contribution in [0.25, 0.3) is 5.69 Å². The summed E-state index contributed by atoms with van der Waals surface area (Å²) < 4.78 is 1.64. The monoisotopic (exact) mass is 299 g/mol. The highest BCUT2D eigenvalue weighted by atomic mass is 16.1. The molecule has 0 saturated heterocycles. The number of carbonyl (C=O) groups excluding carboxylic acids is 1. The summed E-state index contributed by atoms with van der Waals surface area (Å²) in [7, 11) is 0. The summed E-state index contributed by atoms with van der Waals surface area (Å²) in [6.07, 6.45) is 6.51. The summed E-state index contributed by atoms with van der Waals surface area (Å²) >= 11 is 0. The van der Waals surface area contributed by atoms with Crippen LogP contribution in [0, 0.1) is 5.41 Å². The van der Waals surface area contributed by atoms with E-state index in [4.69, 9.17) is 0 Å². The van der Waals surface area contributed by atoms with Gasteiger partial charge in [0.1, 0.15) is 5.69 Å². The van der Waals surface area contributed by atoms with Gasteiger partial charge in [-0.05, 0) is 42.4 Å². The van der Waals surface area contributed by atoms with E-state index in [-0.39, 0.29) is 5.78 Å². The molecule has 2 rings (SSSR count). The summed E-state index contributed by atoms with van der Waals surface area (Å²) in [5.74, 6) is -0.0679. The molecule has 0 bridgehead atoms. The normalized spacial score (nSPS) is 11.6. The van der Waals surface area contributed by atoms with Gasteiger partial charge in [0.15, 0.2) is 5.78 Å². The van der Waals surface area contributed by atoms with E-state index >= 15 is 0 Å². The second-order valence-corrected chi connectivity index (χ2v) is 7.04. The third-order valence-corrected chi connectivity index (χ3v) is 3.70. The van der Waals surface area contributed by atoms with Crippen molar-refractivity contribution in [3.05, 3.63) is 41.7 Å². The first-order chi connectivity index (χ1) is 10.3. The van der Waals surface area contributed by atoms with Crippen LogP contribution in [0.2, 0.25) is 0 Å². The lowest BCUT2D eigenvalue weighted by Crippen LogP contribution is -2.04. The Kier molecular flexibility index (Phi) is 5.11. The number of carbonyl (C=O) groups is 1. The van der Waals surface area contributed by atoms with Gasteiger partial charge in [0.2, 0.25) is 0 Å². The van der Waals surface area contributed by atoms with Gasteiger partial charge in [-0.1, -0.05) is 44.5 Å². The van der Waals surface area contributed by atoms with E-state index in [0.29, 0.717) is 11.1 Å². The summed E-state index contributed by atoms with van der Waals surface area (Å²) in [5.41, 5.74) is 3.08. The maximum atomic E-state index is 11.2. The van der Waals surface area contributed by atoms with Crippen LogP contribution < -0.4 is 0 Å². The lowest BCUT2D eigenvalue weighted by molar-refractivity contribution is 0.101. The van der Waals surface area contributed by atoms with E-state index in [2.05, 4.69) is 43.2 Å². The molecule has 0 saturated carbocycles. The van der Waals surface area contributed by atoms with Crippen LogP contribution in [-0.4, -0.2) is 20.8 Å². The maximum absolute atomic E-state index is 11.2. The van der Waals surface area contributed by atoms with Crippen LogP contribution in [0.1, 0.15) is 63.0 Å². The van der Waals surface area contributed by atoms with E-state index < -0.39 is 0 Å². The molecule has 4 heteroatoms. The SMILES string of the molecule is CC(=O)c1cn(-c2ccc(CCCCC(C)(C)C)cc2)nn1. The third kappa shape index (κ3) is 4.79. The number of aromatic nitrogens is 3. The molecular formula is C18H25N3O. The summed E-state index contributed by atoms with van der Waals surface area (Å²) in [4.78, 5) is 11.2. The molecule has 22 heavy (non-hydrogen) atoms. The van der Waals surface area contributed by atoms with Crippen molar-refractivity contribution >= 4 is 5.78 Å². The number of unbranched alkanes of at least 4 members (excludes halogenated alkanes) is 1. The minimum absolute atomic E-state index is 0.0679. The lowest BCUT2D eigenvalue weighted by Gasteiger charge is -2.17. The number of Topliss-reactive ketones (excluding diaryl/α,β-unsaturated/α-hetero) is 1. The zero-order chi connectivity index (χ0) is 16.2. The van der Waals surface area contributed by atoms with Crippen LogP contribution in [0.5, 0.6) is 0 Å². The van der Waals surface area contributed by atoms with Crippen molar-refractivity contribution in [3.8, 4) is 5.69 Å². The Morgan fingerprint density at radius 3 is 2.36 bits per heavy atom. The number of nitrogens with zero attached hydrogens (tertiary/aromatic N) is 3. The Balaban J connectivity index is 1.91.